The minimum absolute atomic E-state index is 0.0972. The normalized spacial score (nSPS) is 10.9. The van der Waals surface area contributed by atoms with Gasteiger partial charge < -0.3 is 15.5 Å². The third kappa shape index (κ3) is 5.63. The first-order valence-corrected chi connectivity index (χ1v) is 11.9. The molecule has 0 aliphatic heterocycles. The van der Waals surface area contributed by atoms with Crippen molar-refractivity contribution in [1.29, 1.82) is 0 Å². The summed E-state index contributed by atoms with van der Waals surface area (Å²) in [5.41, 5.74) is 0.509. The number of nitrogens with one attached hydrogen (secondary N) is 1. The van der Waals surface area contributed by atoms with E-state index in [-0.39, 0.29) is 50.8 Å². The van der Waals surface area contributed by atoms with Gasteiger partial charge in [0.1, 0.15) is 23.0 Å². The van der Waals surface area contributed by atoms with Crippen molar-refractivity contribution in [3.8, 4) is 34.2 Å². The molecule has 5 rings (SSSR count). The first-order valence-electron chi connectivity index (χ1n) is 11.9. The largest absolute Gasteiger partial charge is 0.478 e. The van der Waals surface area contributed by atoms with Gasteiger partial charge in [0, 0.05) is 12.1 Å². The Kier molecular flexibility index (Phi) is 6.99. The molecular weight excluding hydrogens is 542 g/mol. The SMILES string of the molecule is CCNC(=O)c1cc(-c2cn(-c3cc(F)cc(C(=O)O)c3)nn2)nc(-c2cn(-c3cc(F)cc(C(=O)O)c3)nn2)c1. The van der Waals surface area contributed by atoms with Crippen LogP contribution in [0.1, 0.15) is 38.0 Å². The average Bonchev–Trinajstić information content (AvgIpc) is 3.63. The molecule has 41 heavy (non-hydrogen) atoms. The fraction of sp³-hybridized carbons (Fsp3) is 0.0769. The van der Waals surface area contributed by atoms with E-state index >= 15 is 0 Å². The predicted molar refractivity (Wildman–Crippen MR) is 137 cm³/mol. The number of halogens is 2. The third-order valence-corrected chi connectivity index (χ3v) is 5.72. The molecule has 2 aromatic carbocycles. The minimum atomic E-state index is -1.32. The molecule has 0 unspecified atom stereocenters. The van der Waals surface area contributed by atoms with E-state index in [0.717, 1.165) is 33.6 Å². The number of pyridine rings is 1. The second kappa shape index (κ2) is 10.7. The molecule has 0 fully saturated rings. The molecule has 3 heterocycles. The second-order valence-electron chi connectivity index (χ2n) is 8.59. The van der Waals surface area contributed by atoms with Gasteiger partial charge >= 0.3 is 11.9 Å². The van der Waals surface area contributed by atoms with Crippen LogP contribution in [0, 0.1) is 11.6 Å². The summed E-state index contributed by atoms with van der Waals surface area (Å²) < 4.78 is 30.4. The fourth-order valence-electron chi connectivity index (χ4n) is 3.86. The number of aromatic carboxylic acids is 2. The van der Waals surface area contributed by atoms with Crippen molar-refractivity contribution in [3.63, 3.8) is 0 Å². The molecule has 0 atom stereocenters. The van der Waals surface area contributed by atoms with E-state index in [9.17, 15) is 33.4 Å². The summed E-state index contributed by atoms with van der Waals surface area (Å²) in [6, 6.07) is 9.23. The zero-order valence-corrected chi connectivity index (χ0v) is 21.0. The number of carboxylic acid groups (broad SMARTS) is 2. The smallest absolute Gasteiger partial charge is 0.335 e. The van der Waals surface area contributed by atoms with Crippen molar-refractivity contribution in [3.05, 3.63) is 89.2 Å². The average molecular weight is 560 g/mol. The minimum Gasteiger partial charge on any atom is -0.478 e. The van der Waals surface area contributed by atoms with Gasteiger partial charge in [0.2, 0.25) is 0 Å². The first kappa shape index (κ1) is 26.7. The maximum absolute atomic E-state index is 14.0. The van der Waals surface area contributed by atoms with Crippen LogP contribution in [0.2, 0.25) is 0 Å². The standard InChI is InChI=1S/C26H18F2N8O5/c1-2-29-24(37)13-7-20(22-11-35(33-31-22)18-5-14(25(38)39)3-16(27)9-18)30-21(8-13)23-12-36(34-32-23)19-6-15(26(40)41)4-17(28)10-19/h3-12H,2H2,1H3,(H,29,37)(H,38,39)(H,40,41). The number of hydrogen-bond acceptors (Lipinski definition) is 8. The summed E-state index contributed by atoms with van der Waals surface area (Å²) in [5, 5.41) is 37.1. The number of carbonyl (C=O) groups is 3. The Labute approximate surface area is 228 Å². The molecule has 0 radical (unpaired) electrons. The Balaban J connectivity index is 1.56. The fourth-order valence-corrected chi connectivity index (χ4v) is 3.86. The van der Waals surface area contributed by atoms with Gasteiger partial charge in [-0.2, -0.15) is 0 Å². The lowest BCUT2D eigenvalue weighted by molar-refractivity contribution is 0.0685. The van der Waals surface area contributed by atoms with Gasteiger partial charge in [-0.25, -0.2) is 32.7 Å². The van der Waals surface area contributed by atoms with Crippen LogP contribution in [0.15, 0.2) is 60.9 Å². The van der Waals surface area contributed by atoms with Gasteiger partial charge in [0.05, 0.1) is 46.3 Å². The first-order chi connectivity index (χ1) is 19.6. The maximum atomic E-state index is 14.0. The molecule has 0 saturated heterocycles. The van der Waals surface area contributed by atoms with Gasteiger partial charge in [-0.05, 0) is 55.5 Å². The van der Waals surface area contributed by atoms with E-state index in [4.69, 9.17) is 0 Å². The van der Waals surface area contributed by atoms with Crippen molar-refractivity contribution in [1.82, 2.24) is 40.3 Å². The monoisotopic (exact) mass is 560 g/mol. The second-order valence-corrected chi connectivity index (χ2v) is 8.59. The summed E-state index contributed by atoms with van der Waals surface area (Å²) in [6.45, 7) is 2.09. The molecule has 0 bridgehead atoms. The van der Waals surface area contributed by atoms with Crippen LogP contribution < -0.4 is 5.32 Å². The van der Waals surface area contributed by atoms with Crippen LogP contribution in [0.5, 0.6) is 0 Å². The van der Waals surface area contributed by atoms with Gasteiger partial charge in [-0.15, -0.1) is 10.2 Å². The highest BCUT2D eigenvalue weighted by molar-refractivity contribution is 5.96. The topological polar surface area (TPSA) is 178 Å². The van der Waals surface area contributed by atoms with Gasteiger partial charge in [-0.3, -0.25) is 4.79 Å². The maximum Gasteiger partial charge on any atom is 0.335 e. The zero-order chi connectivity index (χ0) is 29.3. The van der Waals surface area contributed by atoms with Crippen LogP contribution >= 0.6 is 0 Å². The molecule has 0 saturated carbocycles. The van der Waals surface area contributed by atoms with Crippen molar-refractivity contribution in [2.45, 2.75) is 6.92 Å². The highest BCUT2D eigenvalue weighted by Crippen LogP contribution is 2.25. The van der Waals surface area contributed by atoms with E-state index in [0.29, 0.717) is 6.54 Å². The number of aromatic nitrogens is 7. The predicted octanol–water partition coefficient (Wildman–Crippen LogP) is 3.00. The van der Waals surface area contributed by atoms with Gasteiger partial charge in [0.15, 0.2) is 0 Å². The number of rotatable bonds is 8. The zero-order valence-electron chi connectivity index (χ0n) is 21.0. The van der Waals surface area contributed by atoms with Crippen molar-refractivity contribution >= 4 is 17.8 Å². The molecule has 15 heteroatoms. The Hall–Kier alpha value is -5.86. The van der Waals surface area contributed by atoms with E-state index in [1.807, 2.05) is 0 Å². The number of carboxylic acids is 2. The van der Waals surface area contributed by atoms with E-state index in [1.165, 1.54) is 36.7 Å². The van der Waals surface area contributed by atoms with Gasteiger partial charge in [0.25, 0.3) is 5.91 Å². The number of hydrogen-bond donors (Lipinski definition) is 3. The highest BCUT2D eigenvalue weighted by Gasteiger charge is 2.18. The summed E-state index contributed by atoms with van der Waals surface area (Å²) in [4.78, 5) is 39.9. The molecule has 3 N–H and O–H groups in total. The summed E-state index contributed by atoms with van der Waals surface area (Å²) >= 11 is 0. The number of nitrogens with zero attached hydrogens (tertiary/aromatic N) is 7. The highest BCUT2D eigenvalue weighted by atomic mass is 19.1. The van der Waals surface area contributed by atoms with Crippen LogP contribution in [0.4, 0.5) is 8.78 Å². The van der Waals surface area contributed by atoms with Gasteiger partial charge in [-0.1, -0.05) is 10.4 Å². The lowest BCUT2D eigenvalue weighted by Gasteiger charge is -2.06. The molecule has 0 spiro atoms. The van der Waals surface area contributed by atoms with E-state index in [1.54, 1.807) is 6.92 Å². The summed E-state index contributed by atoms with van der Waals surface area (Å²) in [7, 11) is 0. The third-order valence-electron chi connectivity index (χ3n) is 5.72. The Morgan fingerprint density at radius 2 is 1.17 bits per heavy atom. The molecule has 206 valence electrons. The molecule has 1 amide bonds. The number of carbonyl (C=O) groups excluding carboxylic acids is 1. The lowest BCUT2D eigenvalue weighted by atomic mass is 10.1. The Bertz CT molecular complexity index is 1710. The van der Waals surface area contributed by atoms with Crippen LogP contribution in [0.25, 0.3) is 34.2 Å². The lowest BCUT2D eigenvalue weighted by Crippen LogP contribution is -2.22. The molecule has 3 aromatic heterocycles. The molecule has 0 aliphatic carbocycles. The van der Waals surface area contributed by atoms with Crippen LogP contribution in [-0.2, 0) is 0 Å². The molecule has 5 aromatic rings. The van der Waals surface area contributed by atoms with Crippen molar-refractivity contribution < 1.29 is 33.4 Å². The van der Waals surface area contributed by atoms with Crippen LogP contribution in [-0.4, -0.2) is 69.6 Å². The number of amides is 1. The van der Waals surface area contributed by atoms with Crippen molar-refractivity contribution in [2.75, 3.05) is 6.54 Å². The quantitative estimate of drug-likeness (QED) is 0.255. The summed E-state index contributed by atoms with van der Waals surface area (Å²) in [5.74, 6) is -4.64. The molecule has 13 nitrogen and oxygen atoms in total. The summed E-state index contributed by atoms with van der Waals surface area (Å²) in [6.07, 6.45) is 2.76. The Morgan fingerprint density at radius 3 is 1.59 bits per heavy atom. The number of benzene rings is 2. The van der Waals surface area contributed by atoms with Crippen LogP contribution in [0.3, 0.4) is 0 Å². The van der Waals surface area contributed by atoms with E-state index < -0.39 is 29.5 Å². The Morgan fingerprint density at radius 1 is 0.707 bits per heavy atom. The van der Waals surface area contributed by atoms with Crippen molar-refractivity contribution in [2.24, 2.45) is 0 Å². The molecule has 0 aliphatic rings. The molecular formula is C26H18F2N8O5. The van der Waals surface area contributed by atoms with E-state index in [2.05, 4.69) is 30.9 Å².